The summed E-state index contributed by atoms with van der Waals surface area (Å²) < 4.78 is 15.2. The van der Waals surface area contributed by atoms with Crippen LogP contribution < -0.4 is 5.32 Å². The lowest BCUT2D eigenvalue weighted by Gasteiger charge is -2.09. The van der Waals surface area contributed by atoms with Gasteiger partial charge in [-0.2, -0.15) is 4.39 Å². The minimum Gasteiger partial charge on any atom is -0.379 e. The highest BCUT2D eigenvalue weighted by Crippen LogP contribution is 2.22. The highest BCUT2D eigenvalue weighted by atomic mass is 19.1. The maximum Gasteiger partial charge on any atom is 0.306 e. The molecule has 0 unspecified atom stereocenters. The molecule has 1 heterocycles. The number of aryl methyl sites for hydroxylation is 1. The Balaban J connectivity index is 2.09. The Morgan fingerprint density at radius 3 is 3.00 bits per heavy atom. The molecular weight excluding hydrogens is 263 g/mol. The minimum absolute atomic E-state index is 0.475. The lowest BCUT2D eigenvalue weighted by molar-refractivity contribution is -0.387. The van der Waals surface area contributed by atoms with Crippen LogP contribution in [0.3, 0.4) is 0 Å². The molecule has 106 valence electrons. The second kappa shape index (κ2) is 6.14. The summed E-state index contributed by atoms with van der Waals surface area (Å²) in [5, 5.41) is 13.7. The van der Waals surface area contributed by atoms with E-state index in [0.29, 0.717) is 12.2 Å². The molecule has 0 aliphatic heterocycles. The summed E-state index contributed by atoms with van der Waals surface area (Å²) in [4.78, 5) is 14.0. The van der Waals surface area contributed by atoms with Gasteiger partial charge in [-0.3, -0.25) is 10.1 Å². The zero-order chi connectivity index (χ0) is 14.5. The van der Waals surface area contributed by atoms with Gasteiger partial charge in [0.15, 0.2) is 0 Å². The minimum atomic E-state index is -0.837. The van der Waals surface area contributed by atoms with Crippen molar-refractivity contribution in [1.82, 2.24) is 9.55 Å². The van der Waals surface area contributed by atoms with Gasteiger partial charge in [0.1, 0.15) is 0 Å². The standard InChI is InChI=1S/C13H15FN4O2/c1-2-5-17-9-15-7-11(17)8-16-10-3-4-12(14)13(6-10)18(19)20/h3-4,6-7,9,16H,2,5,8H2,1H3. The molecule has 0 saturated heterocycles. The van der Waals surface area contributed by atoms with Crippen LogP contribution >= 0.6 is 0 Å². The van der Waals surface area contributed by atoms with Crippen molar-refractivity contribution < 1.29 is 9.31 Å². The number of aromatic nitrogens is 2. The molecule has 0 saturated carbocycles. The van der Waals surface area contributed by atoms with Crippen LogP contribution in [0.2, 0.25) is 0 Å². The van der Waals surface area contributed by atoms with Crippen LogP contribution in [0, 0.1) is 15.9 Å². The summed E-state index contributed by atoms with van der Waals surface area (Å²) in [6.45, 7) is 3.41. The van der Waals surface area contributed by atoms with Crippen molar-refractivity contribution in [2.75, 3.05) is 5.32 Å². The normalized spacial score (nSPS) is 10.5. The number of halogens is 1. The third kappa shape index (κ3) is 3.11. The molecule has 0 aliphatic carbocycles. The number of nitro benzene ring substituents is 1. The molecule has 0 amide bonds. The summed E-state index contributed by atoms with van der Waals surface area (Å²) in [5.74, 6) is -0.837. The Labute approximate surface area is 115 Å². The first-order chi connectivity index (χ1) is 9.61. The fourth-order valence-corrected chi connectivity index (χ4v) is 1.89. The first-order valence-corrected chi connectivity index (χ1v) is 6.28. The van der Waals surface area contributed by atoms with Crippen LogP contribution in [0.5, 0.6) is 0 Å². The van der Waals surface area contributed by atoms with Crippen LogP contribution in [-0.2, 0) is 13.1 Å². The van der Waals surface area contributed by atoms with E-state index in [-0.39, 0.29) is 0 Å². The number of nitrogens with zero attached hydrogens (tertiary/aromatic N) is 3. The fraction of sp³-hybridized carbons (Fsp3) is 0.308. The van der Waals surface area contributed by atoms with Gasteiger partial charge in [0.2, 0.25) is 5.82 Å². The van der Waals surface area contributed by atoms with Crippen molar-refractivity contribution in [3.63, 3.8) is 0 Å². The van der Waals surface area contributed by atoms with E-state index in [2.05, 4.69) is 17.2 Å². The molecule has 0 radical (unpaired) electrons. The predicted octanol–water partition coefficient (Wildman–Crippen LogP) is 2.95. The van der Waals surface area contributed by atoms with E-state index in [4.69, 9.17) is 0 Å². The lowest BCUT2D eigenvalue weighted by atomic mass is 10.2. The van der Waals surface area contributed by atoms with Gasteiger partial charge in [-0.25, -0.2) is 4.98 Å². The van der Waals surface area contributed by atoms with E-state index >= 15 is 0 Å². The Kier molecular flexibility index (Phi) is 4.29. The first-order valence-electron chi connectivity index (χ1n) is 6.28. The van der Waals surface area contributed by atoms with Crippen molar-refractivity contribution >= 4 is 11.4 Å². The van der Waals surface area contributed by atoms with Gasteiger partial charge in [0, 0.05) is 24.5 Å². The van der Waals surface area contributed by atoms with Crippen LogP contribution in [0.25, 0.3) is 0 Å². The summed E-state index contributed by atoms with van der Waals surface area (Å²) in [7, 11) is 0. The zero-order valence-corrected chi connectivity index (χ0v) is 11.0. The van der Waals surface area contributed by atoms with Crippen molar-refractivity contribution in [2.45, 2.75) is 26.4 Å². The van der Waals surface area contributed by atoms with Crippen molar-refractivity contribution in [1.29, 1.82) is 0 Å². The van der Waals surface area contributed by atoms with Gasteiger partial charge in [0.25, 0.3) is 0 Å². The third-order valence-corrected chi connectivity index (χ3v) is 2.88. The number of hydrogen-bond acceptors (Lipinski definition) is 4. The van der Waals surface area contributed by atoms with Crippen molar-refractivity contribution in [3.05, 3.63) is 52.3 Å². The average molecular weight is 278 g/mol. The number of rotatable bonds is 6. The number of imidazole rings is 1. The maximum atomic E-state index is 13.2. The third-order valence-electron chi connectivity index (χ3n) is 2.88. The number of anilines is 1. The van der Waals surface area contributed by atoms with Crippen molar-refractivity contribution in [3.8, 4) is 0 Å². The van der Waals surface area contributed by atoms with Gasteiger partial charge in [-0.15, -0.1) is 0 Å². The molecule has 7 heteroatoms. The molecule has 2 rings (SSSR count). The summed E-state index contributed by atoms with van der Waals surface area (Å²) in [6.07, 6.45) is 4.47. The molecule has 1 N–H and O–H groups in total. The number of nitrogens with one attached hydrogen (secondary N) is 1. The molecule has 1 aromatic carbocycles. The van der Waals surface area contributed by atoms with E-state index in [1.807, 2.05) is 4.57 Å². The summed E-state index contributed by atoms with van der Waals surface area (Å²) in [5.41, 5.74) is 0.943. The molecule has 0 aliphatic rings. The first kappa shape index (κ1) is 14.0. The van der Waals surface area contributed by atoms with Gasteiger partial charge >= 0.3 is 5.69 Å². The van der Waals surface area contributed by atoms with Crippen molar-refractivity contribution in [2.24, 2.45) is 0 Å². The van der Waals surface area contributed by atoms with Gasteiger partial charge in [0.05, 0.1) is 23.5 Å². The van der Waals surface area contributed by atoms with E-state index in [9.17, 15) is 14.5 Å². The Bertz CT molecular complexity index is 612. The SMILES string of the molecule is CCCn1cncc1CNc1ccc(F)c([N+](=O)[O-])c1. The predicted molar refractivity (Wildman–Crippen MR) is 72.9 cm³/mol. The summed E-state index contributed by atoms with van der Waals surface area (Å²) >= 11 is 0. The molecular formula is C13H15FN4O2. The quantitative estimate of drug-likeness (QED) is 0.651. The van der Waals surface area contributed by atoms with Crippen LogP contribution in [0.4, 0.5) is 15.8 Å². The van der Waals surface area contributed by atoms with E-state index < -0.39 is 16.4 Å². The molecule has 0 bridgehead atoms. The number of benzene rings is 1. The fourth-order valence-electron chi connectivity index (χ4n) is 1.89. The number of nitro groups is 1. The Morgan fingerprint density at radius 1 is 1.50 bits per heavy atom. The van der Waals surface area contributed by atoms with E-state index in [0.717, 1.165) is 24.7 Å². The molecule has 6 nitrogen and oxygen atoms in total. The zero-order valence-electron chi connectivity index (χ0n) is 11.0. The van der Waals surface area contributed by atoms with Gasteiger partial charge < -0.3 is 9.88 Å². The maximum absolute atomic E-state index is 13.2. The molecule has 1 aromatic heterocycles. The molecule has 2 aromatic rings. The second-order valence-corrected chi connectivity index (χ2v) is 4.36. The van der Waals surface area contributed by atoms with E-state index in [1.165, 1.54) is 12.1 Å². The molecule has 0 atom stereocenters. The van der Waals surface area contributed by atoms with E-state index in [1.54, 1.807) is 12.5 Å². The lowest BCUT2D eigenvalue weighted by Crippen LogP contribution is -2.07. The van der Waals surface area contributed by atoms with Crippen LogP contribution in [0.1, 0.15) is 19.0 Å². The van der Waals surface area contributed by atoms with Crippen LogP contribution in [0.15, 0.2) is 30.7 Å². The van der Waals surface area contributed by atoms with Gasteiger partial charge in [-0.05, 0) is 18.6 Å². The molecule has 0 fully saturated rings. The monoisotopic (exact) mass is 278 g/mol. The Hall–Kier alpha value is -2.44. The van der Waals surface area contributed by atoms with Crippen LogP contribution in [-0.4, -0.2) is 14.5 Å². The Morgan fingerprint density at radius 2 is 2.30 bits per heavy atom. The molecule has 0 spiro atoms. The largest absolute Gasteiger partial charge is 0.379 e. The van der Waals surface area contributed by atoms with Gasteiger partial charge in [-0.1, -0.05) is 6.92 Å². The summed E-state index contributed by atoms with van der Waals surface area (Å²) in [6, 6.07) is 3.75. The number of hydrogen-bond donors (Lipinski definition) is 1. The highest BCUT2D eigenvalue weighted by Gasteiger charge is 2.14. The second-order valence-electron chi connectivity index (χ2n) is 4.36. The topological polar surface area (TPSA) is 73.0 Å². The smallest absolute Gasteiger partial charge is 0.306 e. The highest BCUT2D eigenvalue weighted by molar-refractivity contribution is 5.51. The molecule has 20 heavy (non-hydrogen) atoms. The average Bonchev–Trinajstić information content (AvgIpc) is 2.85.